The number of benzene rings is 3. The maximum atomic E-state index is 12.7. The summed E-state index contributed by atoms with van der Waals surface area (Å²) in [5.74, 6) is -0.347. The molecule has 0 spiro atoms. The molecule has 0 atom stereocenters. The third-order valence-corrected chi connectivity index (χ3v) is 8.21. The van der Waals surface area contributed by atoms with Crippen LogP contribution >= 0.6 is 6.89 Å². The fraction of sp³-hybridized carbons (Fsp3) is 0.160. The van der Waals surface area contributed by atoms with Gasteiger partial charge in [0.1, 0.15) is 0 Å². The van der Waals surface area contributed by atoms with Gasteiger partial charge in [0, 0.05) is 6.89 Å². The molecule has 0 unspecified atom stereocenters. The minimum absolute atomic E-state index is 0.138. The van der Waals surface area contributed by atoms with Gasteiger partial charge in [-0.05, 0) is 29.8 Å². The normalized spacial score (nSPS) is 10.7. The predicted molar refractivity (Wildman–Crippen MR) is 122 cm³/mol. The van der Waals surface area contributed by atoms with Crippen LogP contribution in [0.2, 0.25) is 0 Å². The van der Waals surface area contributed by atoms with Gasteiger partial charge in [0.25, 0.3) is 0 Å². The third-order valence-electron chi connectivity index (χ3n) is 4.45. The molecule has 0 aromatic heterocycles. The standard InChI is InChI=1S/C25H25O3P/c1-3-27-24(25(26)28-4-2)20-29(21-14-8-5-9-15-21,22-16-10-6-11-17-22)23-18-12-7-13-19-23/h5-19H,3-4H2,1-2H3. The van der Waals surface area contributed by atoms with Crippen molar-refractivity contribution >= 4 is 34.2 Å². The Morgan fingerprint density at radius 2 is 1.07 bits per heavy atom. The lowest BCUT2D eigenvalue weighted by Gasteiger charge is -2.26. The van der Waals surface area contributed by atoms with Crippen LogP contribution in [0, 0.1) is 0 Å². The topological polar surface area (TPSA) is 35.5 Å². The fourth-order valence-electron chi connectivity index (χ4n) is 3.23. The lowest BCUT2D eigenvalue weighted by molar-refractivity contribution is -0.142. The van der Waals surface area contributed by atoms with Gasteiger partial charge in [-0.2, -0.15) is 0 Å². The second kappa shape index (κ2) is 9.98. The molecule has 29 heavy (non-hydrogen) atoms. The summed E-state index contributed by atoms with van der Waals surface area (Å²) in [5, 5.41) is 3.29. The van der Waals surface area contributed by atoms with Crippen molar-refractivity contribution in [1.82, 2.24) is 0 Å². The average Bonchev–Trinajstić information content (AvgIpc) is 2.79. The Morgan fingerprint density at radius 3 is 1.41 bits per heavy atom. The van der Waals surface area contributed by atoms with Gasteiger partial charge in [-0.15, -0.1) is 0 Å². The van der Waals surface area contributed by atoms with E-state index in [1.165, 1.54) is 0 Å². The summed E-state index contributed by atoms with van der Waals surface area (Å²) < 4.78 is 11.0. The van der Waals surface area contributed by atoms with Crippen LogP contribution in [0.25, 0.3) is 0 Å². The molecule has 0 saturated carbocycles. The van der Waals surface area contributed by atoms with Crippen molar-refractivity contribution in [3.63, 3.8) is 0 Å². The Kier molecular flexibility index (Phi) is 7.14. The Balaban J connectivity index is 2.52. The lowest BCUT2D eigenvalue weighted by atomic mass is 10.4. The van der Waals surface area contributed by atoms with Crippen molar-refractivity contribution < 1.29 is 14.3 Å². The first-order chi connectivity index (χ1) is 14.2. The van der Waals surface area contributed by atoms with E-state index >= 15 is 0 Å². The van der Waals surface area contributed by atoms with Gasteiger partial charge >= 0.3 is 5.97 Å². The van der Waals surface area contributed by atoms with Gasteiger partial charge in [0.05, 0.1) is 13.2 Å². The zero-order chi connectivity index (χ0) is 20.5. The smallest absolute Gasteiger partial charge is 0.382 e. The van der Waals surface area contributed by atoms with E-state index < -0.39 is 12.9 Å². The summed E-state index contributed by atoms with van der Waals surface area (Å²) >= 11 is 0. The molecule has 0 radical (unpaired) electrons. The number of hydrogen-bond acceptors (Lipinski definition) is 3. The average molecular weight is 404 g/mol. The minimum atomic E-state index is -2.43. The highest BCUT2D eigenvalue weighted by molar-refractivity contribution is 7.94. The van der Waals surface area contributed by atoms with Crippen LogP contribution in [0.4, 0.5) is 0 Å². The summed E-state index contributed by atoms with van der Waals surface area (Å²) in [6.45, 7) is 1.86. The Labute approximate surface area is 172 Å². The second-order valence-electron chi connectivity index (χ2n) is 6.27. The van der Waals surface area contributed by atoms with Crippen LogP contribution in [0.5, 0.6) is 0 Å². The maximum Gasteiger partial charge on any atom is 0.382 e. The highest BCUT2D eigenvalue weighted by atomic mass is 31.2. The van der Waals surface area contributed by atoms with Crippen molar-refractivity contribution in [2.24, 2.45) is 0 Å². The number of carbonyl (C=O) groups is 1. The summed E-state index contributed by atoms with van der Waals surface area (Å²) in [7, 11) is 0. The first-order valence-electron chi connectivity index (χ1n) is 9.73. The van der Waals surface area contributed by atoms with E-state index in [0.717, 1.165) is 15.9 Å². The number of esters is 1. The largest absolute Gasteiger partial charge is 0.481 e. The van der Waals surface area contributed by atoms with Gasteiger partial charge in [0.15, 0.2) is 0 Å². The van der Waals surface area contributed by atoms with Gasteiger partial charge < -0.3 is 9.47 Å². The highest BCUT2D eigenvalue weighted by Crippen LogP contribution is 2.43. The molecule has 0 aliphatic carbocycles. The van der Waals surface area contributed by atoms with Gasteiger partial charge in [0.2, 0.25) is 5.76 Å². The summed E-state index contributed by atoms with van der Waals surface area (Å²) in [6.07, 6.45) is 0. The quantitative estimate of drug-likeness (QED) is 0.260. The van der Waals surface area contributed by atoms with Crippen LogP contribution in [0.3, 0.4) is 0 Å². The number of hydrogen-bond donors (Lipinski definition) is 0. The van der Waals surface area contributed by atoms with Crippen molar-refractivity contribution in [2.75, 3.05) is 13.2 Å². The fourth-order valence-corrected chi connectivity index (χ4v) is 6.83. The molecule has 4 heteroatoms. The molecule has 3 aromatic rings. The molecule has 0 fully saturated rings. The molecule has 0 saturated heterocycles. The van der Waals surface area contributed by atoms with E-state index in [2.05, 4.69) is 41.8 Å². The van der Waals surface area contributed by atoms with Crippen LogP contribution in [-0.4, -0.2) is 24.6 Å². The molecular weight excluding hydrogens is 379 g/mol. The van der Waals surface area contributed by atoms with Crippen molar-refractivity contribution in [1.29, 1.82) is 0 Å². The molecule has 3 rings (SSSR count). The van der Waals surface area contributed by atoms with Crippen molar-refractivity contribution in [2.45, 2.75) is 13.8 Å². The third kappa shape index (κ3) is 4.54. The van der Waals surface area contributed by atoms with Crippen LogP contribution in [-0.2, 0) is 14.3 Å². The van der Waals surface area contributed by atoms with Crippen LogP contribution in [0.1, 0.15) is 13.8 Å². The zero-order valence-electron chi connectivity index (χ0n) is 16.7. The monoisotopic (exact) mass is 404 g/mol. The Bertz CT molecular complexity index is 918. The van der Waals surface area contributed by atoms with Gasteiger partial charge in [-0.1, -0.05) is 96.4 Å². The van der Waals surface area contributed by atoms with Crippen molar-refractivity contribution in [3.05, 3.63) is 96.8 Å². The molecule has 0 aliphatic rings. The van der Waals surface area contributed by atoms with E-state index in [4.69, 9.17) is 9.47 Å². The van der Waals surface area contributed by atoms with E-state index in [0.29, 0.717) is 6.61 Å². The van der Waals surface area contributed by atoms with Gasteiger partial charge in [-0.25, -0.2) is 4.79 Å². The Morgan fingerprint density at radius 1 is 0.690 bits per heavy atom. The molecule has 3 aromatic carbocycles. The molecule has 3 nitrogen and oxygen atoms in total. The van der Waals surface area contributed by atoms with E-state index in [1.807, 2.05) is 61.5 Å². The van der Waals surface area contributed by atoms with E-state index in [-0.39, 0.29) is 12.4 Å². The number of carbonyl (C=O) groups excluding carboxylic acids is 1. The van der Waals surface area contributed by atoms with E-state index in [9.17, 15) is 4.79 Å². The SMILES string of the molecule is CCOC(=O)C(=C=P(c1ccccc1)(c1ccccc1)c1ccccc1)OCC. The molecule has 148 valence electrons. The number of ether oxygens (including phenoxy) is 2. The zero-order valence-corrected chi connectivity index (χ0v) is 17.6. The molecule has 0 N–H and O–H groups in total. The second-order valence-corrected chi connectivity index (χ2v) is 9.39. The molecular formula is C25H25O3P. The summed E-state index contributed by atoms with van der Waals surface area (Å²) in [6, 6.07) is 30.6. The summed E-state index contributed by atoms with van der Waals surface area (Å²) in [5.41, 5.74) is 3.53. The van der Waals surface area contributed by atoms with Crippen LogP contribution in [0.15, 0.2) is 96.8 Å². The highest BCUT2D eigenvalue weighted by Gasteiger charge is 2.26. The van der Waals surface area contributed by atoms with E-state index in [1.54, 1.807) is 6.92 Å². The maximum absolute atomic E-state index is 12.7. The summed E-state index contributed by atoms with van der Waals surface area (Å²) in [4.78, 5) is 12.7. The minimum Gasteiger partial charge on any atom is -0.481 e. The van der Waals surface area contributed by atoms with Crippen molar-refractivity contribution in [3.8, 4) is 0 Å². The predicted octanol–water partition coefficient (Wildman–Crippen LogP) is 3.87. The first-order valence-corrected chi connectivity index (χ1v) is 11.5. The lowest BCUT2D eigenvalue weighted by Crippen LogP contribution is -2.27. The van der Waals surface area contributed by atoms with Gasteiger partial charge in [-0.3, -0.25) is 0 Å². The first kappa shape index (κ1) is 20.7. The number of rotatable bonds is 7. The molecule has 0 heterocycles. The molecule has 0 amide bonds. The van der Waals surface area contributed by atoms with Crippen LogP contribution < -0.4 is 15.9 Å². The Hall–Kier alpha value is -2.99. The molecule has 0 bridgehead atoms. The molecule has 0 aliphatic heterocycles.